The van der Waals surface area contributed by atoms with Crippen molar-refractivity contribution in [3.05, 3.63) is 24.3 Å². The van der Waals surface area contributed by atoms with Crippen LogP contribution in [0, 0.1) is 0 Å². The number of benzene rings is 1. The van der Waals surface area contributed by atoms with Crippen LogP contribution in [-0.2, 0) is 9.53 Å². The van der Waals surface area contributed by atoms with Crippen LogP contribution in [0.25, 0.3) is 0 Å². The number of thioether (sulfide) groups is 1. The fourth-order valence-corrected chi connectivity index (χ4v) is 3.88. The molecule has 1 fully saturated rings. The standard InChI is InChI=1S/C19H28N2O3S/c1-19(2,3)24-18(23)20-13-12-17(22)21-14-8-10-16(11-9-14)25-15-6-4-5-7-15/h8-11,15H,4-7,12-13H2,1-3H3,(H,20,23)(H,21,22). The van der Waals surface area contributed by atoms with Gasteiger partial charge in [0.05, 0.1) is 0 Å². The van der Waals surface area contributed by atoms with Crippen LogP contribution in [0.1, 0.15) is 52.9 Å². The number of hydrogen-bond donors (Lipinski definition) is 2. The minimum atomic E-state index is -0.537. The quantitative estimate of drug-likeness (QED) is 0.775. The van der Waals surface area contributed by atoms with Crippen molar-refractivity contribution in [1.29, 1.82) is 0 Å². The number of carbonyl (C=O) groups is 2. The number of carbonyl (C=O) groups excluding carboxylic acids is 2. The van der Waals surface area contributed by atoms with Crippen molar-refractivity contribution in [3.63, 3.8) is 0 Å². The Kier molecular flexibility index (Phi) is 7.17. The number of amides is 2. The Labute approximate surface area is 154 Å². The van der Waals surface area contributed by atoms with Gasteiger partial charge in [0.25, 0.3) is 0 Å². The van der Waals surface area contributed by atoms with E-state index in [1.54, 1.807) is 20.8 Å². The summed E-state index contributed by atoms with van der Waals surface area (Å²) < 4.78 is 5.12. The summed E-state index contributed by atoms with van der Waals surface area (Å²) in [4.78, 5) is 24.7. The summed E-state index contributed by atoms with van der Waals surface area (Å²) in [6.45, 7) is 5.65. The molecule has 2 amide bonds. The van der Waals surface area contributed by atoms with Crippen LogP contribution in [0.2, 0.25) is 0 Å². The monoisotopic (exact) mass is 364 g/mol. The van der Waals surface area contributed by atoms with Crippen molar-refractivity contribution in [2.45, 2.75) is 68.6 Å². The molecule has 0 saturated heterocycles. The van der Waals surface area contributed by atoms with Gasteiger partial charge in [0.15, 0.2) is 0 Å². The number of nitrogens with one attached hydrogen (secondary N) is 2. The third-order valence-electron chi connectivity index (χ3n) is 3.76. The summed E-state index contributed by atoms with van der Waals surface area (Å²) in [7, 11) is 0. The molecule has 0 unspecified atom stereocenters. The zero-order chi connectivity index (χ0) is 18.3. The Morgan fingerprint density at radius 3 is 2.40 bits per heavy atom. The summed E-state index contributed by atoms with van der Waals surface area (Å²) >= 11 is 1.93. The van der Waals surface area contributed by atoms with Crippen LogP contribution in [-0.4, -0.2) is 29.4 Å². The fourth-order valence-electron chi connectivity index (χ4n) is 2.63. The predicted octanol–water partition coefficient (Wildman–Crippen LogP) is 4.57. The van der Waals surface area contributed by atoms with E-state index in [1.165, 1.54) is 30.6 Å². The molecule has 2 rings (SSSR count). The fraction of sp³-hybridized carbons (Fsp3) is 0.579. The Morgan fingerprint density at radius 2 is 1.80 bits per heavy atom. The molecule has 2 N–H and O–H groups in total. The number of alkyl carbamates (subject to hydrolysis) is 1. The first kappa shape index (κ1) is 19.6. The molecule has 0 atom stereocenters. The lowest BCUT2D eigenvalue weighted by Crippen LogP contribution is -2.34. The number of ether oxygens (including phenoxy) is 1. The van der Waals surface area contributed by atoms with Gasteiger partial charge < -0.3 is 15.4 Å². The van der Waals surface area contributed by atoms with Gasteiger partial charge in [0.2, 0.25) is 5.91 Å². The number of hydrogen-bond acceptors (Lipinski definition) is 4. The Morgan fingerprint density at radius 1 is 1.16 bits per heavy atom. The summed E-state index contributed by atoms with van der Waals surface area (Å²) in [5, 5.41) is 6.16. The SMILES string of the molecule is CC(C)(C)OC(=O)NCCC(=O)Nc1ccc(SC2CCCC2)cc1. The Bertz CT molecular complexity index is 575. The van der Waals surface area contributed by atoms with E-state index in [-0.39, 0.29) is 18.9 Å². The van der Waals surface area contributed by atoms with Gasteiger partial charge >= 0.3 is 6.09 Å². The van der Waals surface area contributed by atoms with Crippen LogP contribution >= 0.6 is 11.8 Å². The summed E-state index contributed by atoms with van der Waals surface area (Å²) in [6.07, 6.45) is 4.97. The highest BCUT2D eigenvalue weighted by atomic mass is 32.2. The van der Waals surface area contributed by atoms with E-state index < -0.39 is 11.7 Å². The molecule has 0 heterocycles. The highest BCUT2D eigenvalue weighted by molar-refractivity contribution is 8.00. The largest absolute Gasteiger partial charge is 0.444 e. The molecule has 0 aromatic heterocycles. The van der Waals surface area contributed by atoms with Gasteiger partial charge in [0, 0.05) is 28.8 Å². The second-order valence-electron chi connectivity index (χ2n) is 7.28. The molecule has 138 valence electrons. The van der Waals surface area contributed by atoms with Gasteiger partial charge in [-0.15, -0.1) is 11.8 Å². The third kappa shape index (κ3) is 7.82. The summed E-state index contributed by atoms with van der Waals surface area (Å²) in [5.41, 5.74) is 0.239. The van der Waals surface area contributed by atoms with Gasteiger partial charge in [-0.2, -0.15) is 0 Å². The van der Waals surface area contributed by atoms with Crippen molar-refractivity contribution < 1.29 is 14.3 Å². The average Bonchev–Trinajstić information content (AvgIpc) is 3.00. The smallest absolute Gasteiger partial charge is 0.407 e. The molecular weight excluding hydrogens is 336 g/mol. The first-order chi connectivity index (χ1) is 11.8. The first-order valence-corrected chi connectivity index (χ1v) is 9.73. The maximum atomic E-state index is 11.9. The Balaban J connectivity index is 1.68. The zero-order valence-electron chi connectivity index (χ0n) is 15.3. The third-order valence-corrected chi connectivity index (χ3v) is 5.11. The lowest BCUT2D eigenvalue weighted by atomic mass is 10.2. The molecule has 1 saturated carbocycles. The maximum Gasteiger partial charge on any atom is 0.407 e. The van der Waals surface area contributed by atoms with Gasteiger partial charge in [-0.3, -0.25) is 4.79 Å². The van der Waals surface area contributed by atoms with Crippen molar-refractivity contribution in [2.24, 2.45) is 0 Å². The van der Waals surface area contributed by atoms with E-state index in [0.717, 1.165) is 10.9 Å². The topological polar surface area (TPSA) is 67.4 Å². The van der Waals surface area contributed by atoms with Crippen LogP contribution < -0.4 is 10.6 Å². The van der Waals surface area contributed by atoms with Crippen LogP contribution in [0.5, 0.6) is 0 Å². The minimum absolute atomic E-state index is 0.132. The predicted molar refractivity (Wildman–Crippen MR) is 102 cm³/mol. The first-order valence-electron chi connectivity index (χ1n) is 8.85. The highest BCUT2D eigenvalue weighted by Crippen LogP contribution is 2.34. The van der Waals surface area contributed by atoms with Gasteiger partial charge in [-0.25, -0.2) is 4.79 Å². The molecule has 5 nitrogen and oxygen atoms in total. The second kappa shape index (κ2) is 9.13. The zero-order valence-corrected chi connectivity index (χ0v) is 16.1. The minimum Gasteiger partial charge on any atom is -0.444 e. The average molecular weight is 365 g/mol. The van der Waals surface area contributed by atoms with Crippen molar-refractivity contribution in [1.82, 2.24) is 5.32 Å². The number of rotatable bonds is 6. The number of anilines is 1. The van der Waals surface area contributed by atoms with E-state index in [2.05, 4.69) is 22.8 Å². The van der Waals surface area contributed by atoms with Crippen molar-refractivity contribution in [2.75, 3.05) is 11.9 Å². The van der Waals surface area contributed by atoms with E-state index in [9.17, 15) is 9.59 Å². The maximum absolute atomic E-state index is 11.9. The molecule has 1 aromatic carbocycles. The normalized spacial score (nSPS) is 15.0. The van der Waals surface area contributed by atoms with Crippen molar-refractivity contribution >= 4 is 29.4 Å². The lowest BCUT2D eigenvalue weighted by Gasteiger charge is -2.19. The van der Waals surface area contributed by atoms with Gasteiger partial charge in [-0.05, 0) is 57.9 Å². The van der Waals surface area contributed by atoms with E-state index in [4.69, 9.17) is 4.74 Å². The van der Waals surface area contributed by atoms with E-state index in [0.29, 0.717) is 0 Å². The highest BCUT2D eigenvalue weighted by Gasteiger charge is 2.17. The molecule has 0 bridgehead atoms. The second-order valence-corrected chi connectivity index (χ2v) is 8.65. The van der Waals surface area contributed by atoms with Crippen LogP contribution in [0.3, 0.4) is 0 Å². The van der Waals surface area contributed by atoms with Gasteiger partial charge in [0.1, 0.15) is 5.60 Å². The van der Waals surface area contributed by atoms with Crippen LogP contribution in [0.15, 0.2) is 29.2 Å². The van der Waals surface area contributed by atoms with E-state index in [1.807, 2.05) is 23.9 Å². The molecular formula is C19H28N2O3S. The molecule has 25 heavy (non-hydrogen) atoms. The molecule has 1 aliphatic carbocycles. The van der Waals surface area contributed by atoms with Crippen LogP contribution in [0.4, 0.5) is 10.5 Å². The summed E-state index contributed by atoms with van der Waals surface area (Å²) in [5.74, 6) is -0.132. The lowest BCUT2D eigenvalue weighted by molar-refractivity contribution is -0.116. The molecule has 0 spiro atoms. The Hall–Kier alpha value is -1.69. The molecule has 6 heteroatoms. The van der Waals surface area contributed by atoms with Crippen molar-refractivity contribution in [3.8, 4) is 0 Å². The molecule has 1 aromatic rings. The van der Waals surface area contributed by atoms with E-state index >= 15 is 0 Å². The molecule has 0 aliphatic heterocycles. The van der Waals surface area contributed by atoms with Gasteiger partial charge in [-0.1, -0.05) is 12.8 Å². The molecule has 1 aliphatic rings. The summed E-state index contributed by atoms with van der Waals surface area (Å²) in [6, 6.07) is 7.96. The molecule has 0 radical (unpaired) electrons.